The van der Waals surface area contributed by atoms with Crippen molar-refractivity contribution in [1.82, 2.24) is 10.2 Å². The smallest absolute Gasteiger partial charge is 0.244 e. The van der Waals surface area contributed by atoms with E-state index in [0.29, 0.717) is 28.0 Å². The first kappa shape index (κ1) is 32.2. The lowest BCUT2D eigenvalue weighted by Gasteiger charge is -2.33. The lowest BCUT2D eigenvalue weighted by molar-refractivity contribution is -0.140. The third kappa shape index (κ3) is 9.38. The Kier molecular flexibility index (Phi) is 10.7. The van der Waals surface area contributed by atoms with Crippen LogP contribution in [-0.4, -0.2) is 49.5 Å². The lowest BCUT2D eigenvalue weighted by atomic mass is 10.1. The van der Waals surface area contributed by atoms with Crippen LogP contribution < -0.4 is 14.4 Å². The molecule has 3 aromatic rings. The van der Waals surface area contributed by atoms with E-state index in [2.05, 4.69) is 5.32 Å². The number of carbonyl (C=O) groups excluding carboxylic acids is 2. The SMILES string of the molecule is C[C@@H](C(=O)NC(C)(C)C)N(Cc1c(Cl)cccc1Cl)C(=O)CN(c1ccc(OCc2ccccc2)cc1)S(C)(=O)=O. The average Bonchev–Trinajstić information content (AvgIpc) is 2.89. The van der Waals surface area contributed by atoms with Gasteiger partial charge < -0.3 is 15.0 Å². The van der Waals surface area contributed by atoms with Crippen LogP contribution >= 0.6 is 23.2 Å². The van der Waals surface area contributed by atoms with Crippen molar-refractivity contribution in [3.63, 3.8) is 0 Å². The molecule has 0 spiro atoms. The monoisotopic (exact) mass is 619 g/mol. The molecule has 0 saturated carbocycles. The Morgan fingerprint density at radius 1 is 0.927 bits per heavy atom. The number of hydrogen-bond donors (Lipinski definition) is 1. The number of nitrogens with one attached hydrogen (secondary N) is 1. The molecule has 0 bridgehead atoms. The Labute approximate surface area is 252 Å². The van der Waals surface area contributed by atoms with E-state index in [9.17, 15) is 18.0 Å². The summed E-state index contributed by atoms with van der Waals surface area (Å²) in [6, 6.07) is 20.0. The van der Waals surface area contributed by atoms with Gasteiger partial charge in [-0.25, -0.2) is 8.42 Å². The fourth-order valence-electron chi connectivity index (χ4n) is 3.97. The molecule has 0 aliphatic rings. The van der Waals surface area contributed by atoms with Crippen molar-refractivity contribution in [3.8, 4) is 5.75 Å². The first-order valence-electron chi connectivity index (χ1n) is 12.9. The summed E-state index contributed by atoms with van der Waals surface area (Å²) in [5.41, 5.74) is 1.16. The zero-order chi connectivity index (χ0) is 30.4. The minimum atomic E-state index is -3.89. The summed E-state index contributed by atoms with van der Waals surface area (Å²) in [6.07, 6.45) is 1.02. The molecule has 8 nitrogen and oxygen atoms in total. The van der Waals surface area contributed by atoms with E-state index < -0.39 is 40.0 Å². The highest BCUT2D eigenvalue weighted by atomic mass is 35.5. The van der Waals surface area contributed by atoms with Crippen LogP contribution in [0.25, 0.3) is 0 Å². The van der Waals surface area contributed by atoms with Crippen LogP contribution in [0, 0.1) is 0 Å². The maximum atomic E-state index is 13.8. The highest BCUT2D eigenvalue weighted by molar-refractivity contribution is 7.92. The molecule has 3 rings (SSSR count). The van der Waals surface area contributed by atoms with Crippen LogP contribution in [0.1, 0.15) is 38.8 Å². The van der Waals surface area contributed by atoms with E-state index in [-0.39, 0.29) is 12.2 Å². The maximum absolute atomic E-state index is 13.8. The summed E-state index contributed by atoms with van der Waals surface area (Å²) in [5.74, 6) is -0.466. The first-order valence-corrected chi connectivity index (χ1v) is 15.5. The number of amides is 2. The second-order valence-electron chi connectivity index (χ2n) is 10.7. The Balaban J connectivity index is 1.87. The number of anilines is 1. The number of carbonyl (C=O) groups is 2. The third-order valence-corrected chi connectivity index (χ3v) is 7.96. The summed E-state index contributed by atoms with van der Waals surface area (Å²) in [7, 11) is -3.89. The van der Waals surface area contributed by atoms with Gasteiger partial charge >= 0.3 is 0 Å². The summed E-state index contributed by atoms with van der Waals surface area (Å²) >= 11 is 12.8. The Morgan fingerprint density at radius 2 is 1.51 bits per heavy atom. The van der Waals surface area contributed by atoms with Crippen LogP contribution in [0.5, 0.6) is 5.75 Å². The van der Waals surface area contributed by atoms with Crippen molar-refractivity contribution in [1.29, 1.82) is 0 Å². The molecule has 220 valence electrons. The number of sulfonamides is 1. The predicted molar refractivity (Wildman–Crippen MR) is 164 cm³/mol. The van der Waals surface area contributed by atoms with Gasteiger partial charge in [-0.3, -0.25) is 13.9 Å². The molecule has 41 heavy (non-hydrogen) atoms. The fourth-order valence-corrected chi connectivity index (χ4v) is 5.34. The third-order valence-electron chi connectivity index (χ3n) is 6.11. The molecule has 1 N–H and O–H groups in total. The van der Waals surface area contributed by atoms with Crippen LogP contribution in [0.2, 0.25) is 10.0 Å². The molecule has 3 aromatic carbocycles. The molecular formula is C30H35Cl2N3O5S. The van der Waals surface area contributed by atoms with Gasteiger partial charge in [0, 0.05) is 27.7 Å². The zero-order valence-electron chi connectivity index (χ0n) is 23.7. The predicted octanol–water partition coefficient (Wildman–Crippen LogP) is 5.67. The molecule has 0 heterocycles. The number of hydrogen-bond acceptors (Lipinski definition) is 5. The number of ether oxygens (including phenoxy) is 1. The molecule has 0 saturated heterocycles. The first-order chi connectivity index (χ1) is 19.2. The fraction of sp³-hybridized carbons (Fsp3) is 0.333. The van der Waals surface area contributed by atoms with Gasteiger partial charge in [-0.2, -0.15) is 0 Å². The van der Waals surface area contributed by atoms with Crippen molar-refractivity contribution in [2.75, 3.05) is 17.1 Å². The van der Waals surface area contributed by atoms with E-state index in [1.54, 1.807) is 49.4 Å². The van der Waals surface area contributed by atoms with E-state index in [0.717, 1.165) is 16.1 Å². The van der Waals surface area contributed by atoms with E-state index >= 15 is 0 Å². The van der Waals surface area contributed by atoms with Gasteiger partial charge in [0.15, 0.2) is 0 Å². The summed E-state index contributed by atoms with van der Waals surface area (Å²) in [5, 5.41) is 3.52. The van der Waals surface area contributed by atoms with E-state index in [4.69, 9.17) is 27.9 Å². The van der Waals surface area contributed by atoms with Gasteiger partial charge in [0.05, 0.1) is 11.9 Å². The highest BCUT2D eigenvalue weighted by Crippen LogP contribution is 2.28. The second kappa shape index (κ2) is 13.6. The topological polar surface area (TPSA) is 96.0 Å². The zero-order valence-corrected chi connectivity index (χ0v) is 26.1. The normalized spacial score (nSPS) is 12.4. The Bertz CT molecular complexity index is 1440. The van der Waals surface area contributed by atoms with Crippen LogP contribution in [0.15, 0.2) is 72.8 Å². The Hall–Kier alpha value is -3.27. The second-order valence-corrected chi connectivity index (χ2v) is 13.4. The lowest BCUT2D eigenvalue weighted by Crippen LogP contribution is -2.54. The molecule has 0 unspecified atom stereocenters. The van der Waals surface area contributed by atoms with Gasteiger partial charge in [0.2, 0.25) is 21.8 Å². The molecule has 0 aromatic heterocycles. The quantitative estimate of drug-likeness (QED) is 0.298. The van der Waals surface area contributed by atoms with Crippen molar-refractivity contribution in [3.05, 3.63) is 94.0 Å². The molecule has 0 fully saturated rings. The molecule has 11 heteroatoms. The van der Waals surface area contributed by atoms with Crippen molar-refractivity contribution in [2.45, 2.75) is 52.4 Å². The van der Waals surface area contributed by atoms with Gasteiger partial charge in [0.1, 0.15) is 24.9 Å². The van der Waals surface area contributed by atoms with Gasteiger partial charge in [-0.1, -0.05) is 59.6 Å². The van der Waals surface area contributed by atoms with Gasteiger partial charge in [-0.15, -0.1) is 0 Å². The number of benzene rings is 3. The average molecular weight is 621 g/mol. The molecule has 1 atom stereocenters. The largest absolute Gasteiger partial charge is 0.489 e. The van der Waals surface area contributed by atoms with Gasteiger partial charge in [-0.05, 0) is 69.7 Å². The summed E-state index contributed by atoms with van der Waals surface area (Å²) in [6.45, 7) is 6.77. The van der Waals surface area contributed by atoms with E-state index in [1.807, 2.05) is 51.1 Å². The molecule has 2 amide bonds. The molecule has 0 aliphatic heterocycles. The highest BCUT2D eigenvalue weighted by Gasteiger charge is 2.32. The minimum absolute atomic E-state index is 0.0973. The van der Waals surface area contributed by atoms with Crippen molar-refractivity contribution < 1.29 is 22.7 Å². The van der Waals surface area contributed by atoms with Crippen molar-refractivity contribution >= 4 is 50.7 Å². The van der Waals surface area contributed by atoms with Gasteiger partial charge in [0.25, 0.3) is 0 Å². The van der Waals surface area contributed by atoms with Crippen LogP contribution in [0.3, 0.4) is 0 Å². The van der Waals surface area contributed by atoms with Crippen LogP contribution in [-0.2, 0) is 32.8 Å². The summed E-state index contributed by atoms with van der Waals surface area (Å²) in [4.78, 5) is 28.2. The maximum Gasteiger partial charge on any atom is 0.244 e. The minimum Gasteiger partial charge on any atom is -0.489 e. The summed E-state index contributed by atoms with van der Waals surface area (Å²) < 4.78 is 32.5. The molecule has 0 radical (unpaired) electrons. The Morgan fingerprint density at radius 3 is 2.05 bits per heavy atom. The van der Waals surface area contributed by atoms with Crippen LogP contribution in [0.4, 0.5) is 5.69 Å². The number of halogens is 2. The molecule has 0 aliphatic carbocycles. The standard InChI is InChI=1S/C30H35Cl2N3O5S/c1-21(29(37)33-30(2,3)4)34(18-25-26(31)12-9-13-27(25)32)28(36)19-35(41(5,38)39)23-14-16-24(17-15-23)40-20-22-10-7-6-8-11-22/h6-17,21H,18-20H2,1-5H3,(H,33,37)/t21-/m0/s1. The molecular weight excluding hydrogens is 585 g/mol. The van der Waals surface area contributed by atoms with E-state index in [1.165, 1.54) is 4.90 Å². The number of nitrogens with zero attached hydrogens (tertiary/aromatic N) is 2. The van der Waals surface area contributed by atoms with Crippen molar-refractivity contribution in [2.24, 2.45) is 0 Å². The number of rotatable bonds is 11.